The first-order valence-electron chi connectivity index (χ1n) is 6.11. The Labute approximate surface area is 109 Å². The largest absolute Gasteiger partial charge is 0.369 e. The molecule has 1 heterocycles. The van der Waals surface area contributed by atoms with Crippen LogP contribution in [0.5, 0.6) is 0 Å². The quantitative estimate of drug-likeness (QED) is 0.805. The fourth-order valence-corrected chi connectivity index (χ4v) is 1.83. The molecule has 0 aliphatic rings. The predicted octanol–water partition coefficient (Wildman–Crippen LogP) is 4.10. The van der Waals surface area contributed by atoms with E-state index >= 15 is 0 Å². The summed E-state index contributed by atoms with van der Waals surface area (Å²) in [5.74, 6) is 1.18. The smallest absolute Gasteiger partial charge is 0.138 e. The van der Waals surface area contributed by atoms with E-state index in [0.717, 1.165) is 24.3 Å². The molecule has 1 rings (SSSR count). The third-order valence-corrected chi connectivity index (χ3v) is 3.41. The van der Waals surface area contributed by atoms with Gasteiger partial charge in [0.15, 0.2) is 0 Å². The highest BCUT2D eigenvalue weighted by Gasteiger charge is 2.18. The molecule has 96 valence electrons. The molecule has 0 amide bonds. The summed E-state index contributed by atoms with van der Waals surface area (Å²) in [6, 6.07) is 0. The lowest BCUT2D eigenvalue weighted by Gasteiger charge is -2.24. The van der Waals surface area contributed by atoms with Crippen molar-refractivity contribution in [1.29, 1.82) is 0 Å². The second-order valence-corrected chi connectivity index (χ2v) is 5.81. The number of nitrogens with one attached hydrogen (secondary N) is 1. The van der Waals surface area contributed by atoms with E-state index in [1.807, 2.05) is 0 Å². The van der Waals surface area contributed by atoms with Gasteiger partial charge in [0.1, 0.15) is 17.3 Å². The van der Waals surface area contributed by atoms with E-state index in [1.54, 1.807) is 0 Å². The van der Waals surface area contributed by atoms with Gasteiger partial charge in [-0.2, -0.15) is 0 Å². The van der Waals surface area contributed by atoms with Crippen LogP contribution in [-0.2, 0) is 0 Å². The van der Waals surface area contributed by atoms with Gasteiger partial charge in [0, 0.05) is 12.1 Å². The maximum absolute atomic E-state index is 6.12. The number of hydrogen-bond acceptors (Lipinski definition) is 3. The first kappa shape index (κ1) is 14.2. The number of hydrogen-bond donors (Lipinski definition) is 1. The van der Waals surface area contributed by atoms with Gasteiger partial charge in [0.05, 0.1) is 0 Å². The highest BCUT2D eigenvalue weighted by molar-refractivity contribution is 6.30. The monoisotopic (exact) mass is 255 g/mol. The van der Waals surface area contributed by atoms with E-state index in [-0.39, 0.29) is 5.41 Å². The topological polar surface area (TPSA) is 37.8 Å². The van der Waals surface area contributed by atoms with Crippen molar-refractivity contribution < 1.29 is 0 Å². The summed E-state index contributed by atoms with van der Waals surface area (Å²) in [6.07, 6.45) is 2.63. The SMILES string of the molecule is CCC(C)(C)CNc1ncnc(Cl)c1C(C)C. The Bertz CT molecular complexity index is 375. The van der Waals surface area contributed by atoms with Crippen molar-refractivity contribution in [3.05, 3.63) is 17.0 Å². The van der Waals surface area contributed by atoms with Crippen molar-refractivity contribution in [2.24, 2.45) is 5.41 Å². The first-order valence-corrected chi connectivity index (χ1v) is 6.49. The van der Waals surface area contributed by atoms with Crippen LogP contribution >= 0.6 is 11.6 Å². The molecule has 3 nitrogen and oxygen atoms in total. The van der Waals surface area contributed by atoms with E-state index in [0.29, 0.717) is 11.1 Å². The van der Waals surface area contributed by atoms with Crippen molar-refractivity contribution in [2.45, 2.75) is 47.0 Å². The van der Waals surface area contributed by atoms with Gasteiger partial charge in [0.2, 0.25) is 0 Å². The summed E-state index contributed by atoms with van der Waals surface area (Å²) < 4.78 is 0. The Morgan fingerprint density at radius 1 is 1.35 bits per heavy atom. The second kappa shape index (κ2) is 5.67. The minimum atomic E-state index is 0.256. The molecular weight excluding hydrogens is 234 g/mol. The first-order chi connectivity index (χ1) is 7.87. The molecule has 0 aliphatic carbocycles. The number of anilines is 1. The van der Waals surface area contributed by atoms with E-state index < -0.39 is 0 Å². The molecule has 0 aromatic carbocycles. The van der Waals surface area contributed by atoms with Crippen molar-refractivity contribution in [3.63, 3.8) is 0 Å². The predicted molar refractivity (Wildman–Crippen MR) is 73.7 cm³/mol. The fourth-order valence-electron chi connectivity index (χ4n) is 1.47. The molecule has 0 fully saturated rings. The van der Waals surface area contributed by atoms with E-state index in [1.165, 1.54) is 6.33 Å². The molecule has 0 saturated carbocycles. The maximum Gasteiger partial charge on any atom is 0.138 e. The van der Waals surface area contributed by atoms with Gasteiger partial charge in [-0.3, -0.25) is 0 Å². The van der Waals surface area contributed by atoms with Crippen LogP contribution in [0.25, 0.3) is 0 Å². The molecular formula is C13H22ClN3. The Balaban J connectivity index is 2.88. The van der Waals surface area contributed by atoms with Crippen LogP contribution in [0, 0.1) is 5.41 Å². The Morgan fingerprint density at radius 3 is 2.53 bits per heavy atom. The summed E-state index contributed by atoms with van der Waals surface area (Å²) in [7, 11) is 0. The Hall–Kier alpha value is -0.830. The lowest BCUT2D eigenvalue weighted by molar-refractivity contribution is 0.376. The highest BCUT2D eigenvalue weighted by atomic mass is 35.5. The third-order valence-electron chi connectivity index (χ3n) is 3.10. The molecule has 1 aromatic rings. The van der Waals surface area contributed by atoms with Crippen LogP contribution in [-0.4, -0.2) is 16.5 Å². The molecule has 0 aliphatic heterocycles. The molecule has 0 bridgehead atoms. The molecule has 0 saturated heterocycles. The maximum atomic E-state index is 6.12. The van der Waals surface area contributed by atoms with Gasteiger partial charge in [-0.1, -0.05) is 46.2 Å². The average molecular weight is 256 g/mol. The van der Waals surface area contributed by atoms with Gasteiger partial charge >= 0.3 is 0 Å². The minimum absolute atomic E-state index is 0.256. The van der Waals surface area contributed by atoms with Gasteiger partial charge < -0.3 is 5.32 Å². The zero-order valence-electron chi connectivity index (χ0n) is 11.3. The molecule has 0 spiro atoms. The van der Waals surface area contributed by atoms with Crippen LogP contribution in [0.4, 0.5) is 5.82 Å². The zero-order valence-corrected chi connectivity index (χ0v) is 12.1. The van der Waals surface area contributed by atoms with Crippen molar-refractivity contribution in [2.75, 3.05) is 11.9 Å². The van der Waals surface area contributed by atoms with Crippen molar-refractivity contribution in [3.8, 4) is 0 Å². The second-order valence-electron chi connectivity index (χ2n) is 5.45. The number of halogens is 1. The van der Waals surface area contributed by atoms with Crippen LogP contribution in [0.1, 0.15) is 52.5 Å². The normalized spacial score (nSPS) is 11.9. The third kappa shape index (κ3) is 3.84. The molecule has 0 atom stereocenters. The average Bonchev–Trinajstić information content (AvgIpc) is 2.26. The lowest BCUT2D eigenvalue weighted by Crippen LogP contribution is -2.23. The zero-order chi connectivity index (χ0) is 13.1. The van der Waals surface area contributed by atoms with Crippen LogP contribution in [0.15, 0.2) is 6.33 Å². The van der Waals surface area contributed by atoms with Gasteiger partial charge in [-0.25, -0.2) is 9.97 Å². The van der Waals surface area contributed by atoms with E-state index in [9.17, 15) is 0 Å². The summed E-state index contributed by atoms with van der Waals surface area (Å²) in [6.45, 7) is 11.7. The molecule has 1 N–H and O–H groups in total. The summed E-state index contributed by atoms with van der Waals surface area (Å²) >= 11 is 6.12. The van der Waals surface area contributed by atoms with E-state index in [4.69, 9.17) is 11.6 Å². The summed E-state index contributed by atoms with van der Waals surface area (Å²) in [5, 5.41) is 3.94. The number of aromatic nitrogens is 2. The van der Waals surface area contributed by atoms with Gasteiger partial charge in [0.25, 0.3) is 0 Å². The van der Waals surface area contributed by atoms with Crippen molar-refractivity contribution >= 4 is 17.4 Å². The lowest BCUT2D eigenvalue weighted by atomic mass is 9.90. The summed E-state index contributed by atoms with van der Waals surface area (Å²) in [5.41, 5.74) is 1.26. The van der Waals surface area contributed by atoms with Crippen LogP contribution in [0.3, 0.4) is 0 Å². The van der Waals surface area contributed by atoms with Gasteiger partial charge in [-0.15, -0.1) is 0 Å². The van der Waals surface area contributed by atoms with Crippen molar-refractivity contribution in [1.82, 2.24) is 9.97 Å². The molecule has 17 heavy (non-hydrogen) atoms. The fraction of sp³-hybridized carbons (Fsp3) is 0.692. The number of rotatable bonds is 5. The molecule has 4 heteroatoms. The standard InChI is InChI=1S/C13H22ClN3/c1-6-13(4,5)7-15-12-10(9(2)3)11(14)16-8-17-12/h8-9H,6-7H2,1-5H3,(H,15,16,17). The number of nitrogens with zero attached hydrogens (tertiary/aromatic N) is 2. The molecule has 0 unspecified atom stereocenters. The van der Waals surface area contributed by atoms with Gasteiger partial charge in [-0.05, 0) is 17.8 Å². The van der Waals surface area contributed by atoms with Crippen LogP contribution < -0.4 is 5.32 Å². The molecule has 0 radical (unpaired) electrons. The van der Waals surface area contributed by atoms with E-state index in [2.05, 4.69) is 49.9 Å². The van der Waals surface area contributed by atoms with Crippen LogP contribution in [0.2, 0.25) is 5.15 Å². The Kier molecular flexibility index (Phi) is 4.75. The molecule has 1 aromatic heterocycles. The highest BCUT2D eigenvalue weighted by Crippen LogP contribution is 2.29. The minimum Gasteiger partial charge on any atom is -0.369 e. The Morgan fingerprint density at radius 2 is 2.00 bits per heavy atom. The summed E-state index contributed by atoms with van der Waals surface area (Å²) in [4.78, 5) is 8.33.